The first-order chi connectivity index (χ1) is 11.0. The van der Waals surface area contributed by atoms with Crippen LogP contribution in [0.5, 0.6) is 0 Å². The summed E-state index contributed by atoms with van der Waals surface area (Å²) in [7, 11) is 0. The van der Waals surface area contributed by atoms with Gasteiger partial charge in [-0.3, -0.25) is 4.79 Å². The number of ketones is 1. The van der Waals surface area contributed by atoms with Crippen LogP contribution in [0.15, 0.2) is 29.8 Å². The van der Waals surface area contributed by atoms with Crippen molar-refractivity contribution in [3.8, 4) is 6.07 Å². The average Bonchev–Trinajstić information content (AvgIpc) is 3.26. The standard InChI is InChI=1S/C17H14Cl2N2OS/c18-12-1-2-13(15(19)8-12)16(22)14(9-20)17(23)21-5-3-10-7-11(10)4-6-21/h1-2,7-8,10,14H,3-6H2. The number of likely N-dealkylation sites (tertiary alicyclic amines) is 1. The van der Waals surface area contributed by atoms with Crippen LogP contribution in [0.2, 0.25) is 10.0 Å². The maximum atomic E-state index is 12.7. The number of carbonyl (C=O) groups excluding carboxylic acids is 1. The number of halogens is 2. The molecule has 3 nitrogen and oxygen atoms in total. The lowest BCUT2D eigenvalue weighted by Crippen LogP contribution is -2.38. The lowest BCUT2D eigenvalue weighted by Gasteiger charge is -2.25. The highest BCUT2D eigenvalue weighted by atomic mass is 35.5. The summed E-state index contributed by atoms with van der Waals surface area (Å²) >= 11 is 17.4. The molecule has 0 spiro atoms. The summed E-state index contributed by atoms with van der Waals surface area (Å²) < 4.78 is 0. The first-order valence-corrected chi connectivity index (χ1v) is 8.56. The number of hydrogen-bond acceptors (Lipinski definition) is 3. The van der Waals surface area contributed by atoms with Gasteiger partial charge in [0.1, 0.15) is 4.99 Å². The molecule has 1 aliphatic carbocycles. The van der Waals surface area contributed by atoms with Crippen molar-refractivity contribution < 1.29 is 4.79 Å². The van der Waals surface area contributed by atoms with E-state index in [0.717, 1.165) is 25.9 Å². The normalized spacial score (nSPS) is 20.7. The van der Waals surface area contributed by atoms with Gasteiger partial charge in [0.2, 0.25) is 0 Å². The second-order valence-electron chi connectivity index (χ2n) is 5.76. The van der Waals surface area contributed by atoms with E-state index in [0.29, 0.717) is 15.9 Å². The molecule has 23 heavy (non-hydrogen) atoms. The van der Waals surface area contributed by atoms with Crippen LogP contribution in [-0.2, 0) is 0 Å². The minimum atomic E-state index is -0.993. The molecule has 0 radical (unpaired) electrons. The minimum absolute atomic E-state index is 0.243. The number of allylic oxidation sites excluding steroid dienone is 1. The third-order valence-corrected chi connectivity index (χ3v) is 5.35. The Morgan fingerprint density at radius 1 is 1.39 bits per heavy atom. The van der Waals surface area contributed by atoms with E-state index < -0.39 is 5.92 Å². The zero-order valence-electron chi connectivity index (χ0n) is 12.3. The second-order valence-corrected chi connectivity index (χ2v) is 7.02. The summed E-state index contributed by atoms with van der Waals surface area (Å²) in [5.74, 6) is -0.760. The Kier molecular flexibility index (Phi) is 4.72. The molecule has 1 aromatic rings. The largest absolute Gasteiger partial charge is 0.364 e. The molecule has 1 saturated heterocycles. The van der Waals surface area contributed by atoms with Crippen molar-refractivity contribution in [1.29, 1.82) is 5.26 Å². The Morgan fingerprint density at radius 3 is 2.87 bits per heavy atom. The number of benzene rings is 1. The van der Waals surface area contributed by atoms with Crippen LogP contribution in [0.3, 0.4) is 0 Å². The molecule has 2 unspecified atom stereocenters. The van der Waals surface area contributed by atoms with Crippen molar-refractivity contribution in [3.63, 3.8) is 0 Å². The molecule has 0 N–H and O–H groups in total. The number of nitriles is 1. The van der Waals surface area contributed by atoms with Gasteiger partial charge in [-0.15, -0.1) is 0 Å². The van der Waals surface area contributed by atoms with Gasteiger partial charge in [-0.05, 0) is 37.0 Å². The van der Waals surface area contributed by atoms with E-state index in [4.69, 9.17) is 35.4 Å². The van der Waals surface area contributed by atoms with Crippen molar-refractivity contribution in [2.75, 3.05) is 13.1 Å². The predicted molar refractivity (Wildman–Crippen MR) is 94.9 cm³/mol. The average molecular weight is 365 g/mol. The molecule has 2 atom stereocenters. The van der Waals surface area contributed by atoms with Crippen molar-refractivity contribution in [1.82, 2.24) is 4.90 Å². The number of thiocarbonyl (C=S) groups is 1. The summed E-state index contributed by atoms with van der Waals surface area (Å²) in [5.41, 5.74) is 1.75. The smallest absolute Gasteiger partial charge is 0.188 e. The van der Waals surface area contributed by atoms with E-state index in [2.05, 4.69) is 6.08 Å². The van der Waals surface area contributed by atoms with E-state index in [9.17, 15) is 10.1 Å². The van der Waals surface area contributed by atoms with Gasteiger partial charge in [-0.2, -0.15) is 5.26 Å². The van der Waals surface area contributed by atoms with Gasteiger partial charge in [-0.25, -0.2) is 0 Å². The zero-order valence-corrected chi connectivity index (χ0v) is 14.6. The van der Waals surface area contributed by atoms with Gasteiger partial charge in [0.15, 0.2) is 11.7 Å². The molecule has 1 fully saturated rings. The molecule has 0 bridgehead atoms. The molecule has 6 heteroatoms. The van der Waals surface area contributed by atoms with Crippen LogP contribution in [-0.4, -0.2) is 28.8 Å². The Morgan fingerprint density at radius 2 is 2.17 bits per heavy atom. The molecule has 3 rings (SSSR count). The summed E-state index contributed by atoms with van der Waals surface area (Å²) in [4.78, 5) is 15.1. The van der Waals surface area contributed by atoms with Gasteiger partial charge in [-0.1, -0.05) is 47.1 Å². The molecular formula is C17H14Cl2N2OS. The predicted octanol–water partition coefficient (Wildman–Crippen LogP) is 4.30. The van der Waals surface area contributed by atoms with Crippen LogP contribution in [0.1, 0.15) is 23.2 Å². The van der Waals surface area contributed by atoms with Crippen molar-refractivity contribution in [3.05, 3.63) is 45.5 Å². The first-order valence-electron chi connectivity index (χ1n) is 7.39. The quantitative estimate of drug-likeness (QED) is 0.455. The summed E-state index contributed by atoms with van der Waals surface area (Å²) in [5, 5.41) is 10.2. The fraction of sp³-hybridized carbons (Fsp3) is 0.353. The third kappa shape index (κ3) is 3.42. The monoisotopic (exact) mass is 364 g/mol. The van der Waals surface area contributed by atoms with Gasteiger partial charge in [0, 0.05) is 23.7 Å². The van der Waals surface area contributed by atoms with Crippen LogP contribution < -0.4 is 0 Å². The molecule has 1 aliphatic heterocycles. The maximum absolute atomic E-state index is 12.7. The lowest BCUT2D eigenvalue weighted by molar-refractivity contribution is 0.0971. The SMILES string of the molecule is N#CC(C(=O)c1ccc(Cl)cc1Cl)C(=S)N1CCC2=CC2CC1. The third-order valence-electron chi connectivity index (χ3n) is 4.31. The second kappa shape index (κ2) is 6.60. The number of Topliss-reactive ketones (excluding diaryl/α,β-unsaturated/α-hetero) is 1. The van der Waals surface area contributed by atoms with Crippen LogP contribution in [0, 0.1) is 23.2 Å². The lowest BCUT2D eigenvalue weighted by atomic mass is 9.98. The van der Waals surface area contributed by atoms with Crippen molar-refractivity contribution in [2.24, 2.45) is 11.8 Å². The van der Waals surface area contributed by atoms with Crippen molar-refractivity contribution >= 4 is 46.2 Å². The number of nitrogens with zero attached hydrogens (tertiary/aromatic N) is 2. The number of hydrogen-bond donors (Lipinski definition) is 0. The van der Waals surface area contributed by atoms with Crippen molar-refractivity contribution in [2.45, 2.75) is 12.8 Å². The first kappa shape index (κ1) is 16.4. The highest BCUT2D eigenvalue weighted by Crippen LogP contribution is 2.37. The van der Waals surface area contributed by atoms with E-state index in [-0.39, 0.29) is 16.4 Å². The highest BCUT2D eigenvalue weighted by Gasteiger charge is 2.33. The molecule has 0 amide bonds. The van der Waals surface area contributed by atoms with Crippen LogP contribution in [0.25, 0.3) is 0 Å². The van der Waals surface area contributed by atoms with E-state index in [1.165, 1.54) is 11.6 Å². The number of carbonyl (C=O) groups is 1. The minimum Gasteiger partial charge on any atom is -0.364 e. The Balaban J connectivity index is 1.78. The number of rotatable bonds is 3. The fourth-order valence-corrected chi connectivity index (χ4v) is 3.74. The van der Waals surface area contributed by atoms with E-state index in [1.807, 2.05) is 11.0 Å². The molecule has 118 valence electrons. The van der Waals surface area contributed by atoms with Gasteiger partial charge < -0.3 is 4.90 Å². The van der Waals surface area contributed by atoms with Crippen LogP contribution in [0.4, 0.5) is 0 Å². The fourth-order valence-electron chi connectivity index (χ4n) is 2.89. The van der Waals surface area contributed by atoms with Gasteiger partial charge in [0.05, 0.1) is 11.1 Å². The highest BCUT2D eigenvalue weighted by molar-refractivity contribution is 7.80. The Hall–Kier alpha value is -1.41. The van der Waals surface area contributed by atoms with Crippen LogP contribution >= 0.6 is 35.4 Å². The molecule has 1 aromatic carbocycles. The molecule has 0 aromatic heterocycles. The molecule has 2 aliphatic rings. The maximum Gasteiger partial charge on any atom is 0.188 e. The Labute approximate surface area is 150 Å². The molecule has 1 heterocycles. The van der Waals surface area contributed by atoms with E-state index in [1.54, 1.807) is 12.1 Å². The van der Waals surface area contributed by atoms with Gasteiger partial charge in [0.25, 0.3) is 0 Å². The van der Waals surface area contributed by atoms with E-state index >= 15 is 0 Å². The summed E-state index contributed by atoms with van der Waals surface area (Å²) in [6, 6.07) is 6.67. The summed E-state index contributed by atoms with van der Waals surface area (Å²) in [6.45, 7) is 1.55. The zero-order chi connectivity index (χ0) is 16.6. The van der Waals surface area contributed by atoms with Gasteiger partial charge >= 0.3 is 0 Å². The Bertz CT molecular complexity index is 753. The summed E-state index contributed by atoms with van der Waals surface area (Å²) in [6.07, 6.45) is 4.24. The molecule has 0 saturated carbocycles. The topological polar surface area (TPSA) is 44.1 Å². The molecular weight excluding hydrogens is 351 g/mol. The number of fused-ring (bicyclic) bond motifs is 1.